The van der Waals surface area contributed by atoms with Gasteiger partial charge >= 0.3 is 12.6 Å². The maximum absolute atomic E-state index is 12.4. The number of carbonyl (C=O) groups excluding carboxylic acids is 1. The quantitative estimate of drug-likeness (QED) is 0.790. The van der Waals surface area contributed by atoms with Crippen molar-refractivity contribution in [2.45, 2.75) is 44.3 Å². The number of amides is 2. The number of alkyl halides is 2. The summed E-state index contributed by atoms with van der Waals surface area (Å²) >= 11 is 0. The van der Waals surface area contributed by atoms with Crippen LogP contribution in [0.4, 0.5) is 19.3 Å². The van der Waals surface area contributed by atoms with Crippen molar-refractivity contribution in [2.24, 2.45) is 0 Å². The fourth-order valence-corrected chi connectivity index (χ4v) is 4.02. The van der Waals surface area contributed by atoms with Crippen LogP contribution in [0.5, 0.6) is 5.75 Å². The minimum atomic E-state index is -2.89. The molecule has 2 aliphatic rings. The van der Waals surface area contributed by atoms with Gasteiger partial charge in [-0.1, -0.05) is 25.3 Å². The highest BCUT2D eigenvalue weighted by molar-refractivity contribution is 5.89. The van der Waals surface area contributed by atoms with Gasteiger partial charge in [0, 0.05) is 36.9 Å². The van der Waals surface area contributed by atoms with E-state index in [1.165, 1.54) is 18.6 Å². The Kier molecular flexibility index (Phi) is 6.84. The smallest absolute Gasteiger partial charge is 0.387 e. The third kappa shape index (κ3) is 5.52. The molecule has 0 aromatic heterocycles. The fraction of sp³-hybridized carbons (Fsp3) is 0.632. The van der Waals surface area contributed by atoms with Crippen LogP contribution in [0, 0.1) is 0 Å². The zero-order valence-corrected chi connectivity index (χ0v) is 15.4. The topological polar surface area (TPSA) is 62.8 Å². The molecule has 0 spiro atoms. The maximum atomic E-state index is 12.4. The van der Waals surface area contributed by atoms with Gasteiger partial charge < -0.3 is 20.1 Å². The van der Waals surface area contributed by atoms with Crippen LogP contribution in [-0.4, -0.2) is 55.9 Å². The van der Waals surface area contributed by atoms with E-state index >= 15 is 0 Å². The first-order chi connectivity index (χ1) is 13.1. The molecule has 1 aromatic rings. The number of ether oxygens (including phenoxy) is 2. The molecule has 27 heavy (non-hydrogen) atoms. The summed E-state index contributed by atoms with van der Waals surface area (Å²) in [6.07, 6.45) is 5.67. The summed E-state index contributed by atoms with van der Waals surface area (Å²) in [4.78, 5) is 14.8. The molecular weight excluding hydrogens is 356 g/mol. The normalized spacial score (nSPS) is 20.3. The molecule has 2 fully saturated rings. The summed E-state index contributed by atoms with van der Waals surface area (Å²) < 4.78 is 34.5. The van der Waals surface area contributed by atoms with Gasteiger partial charge in [-0.25, -0.2) is 4.79 Å². The van der Waals surface area contributed by atoms with Crippen molar-refractivity contribution in [3.8, 4) is 5.75 Å². The predicted octanol–water partition coefficient (Wildman–Crippen LogP) is 3.44. The number of morpholine rings is 1. The van der Waals surface area contributed by atoms with Crippen molar-refractivity contribution in [1.29, 1.82) is 0 Å². The molecule has 0 atom stereocenters. The number of nitrogens with zero attached hydrogens (tertiary/aromatic N) is 1. The summed E-state index contributed by atoms with van der Waals surface area (Å²) in [5.74, 6) is 0.0138. The standard InChI is InChI=1S/C19H27F2N3O3/c20-17(21)27-16-6-4-5-15(13-16)23-18(25)22-14-19(7-2-1-3-8-19)24-9-11-26-12-10-24/h4-6,13,17H,1-3,7-12,14H2,(H2,22,23,25). The average Bonchev–Trinajstić information content (AvgIpc) is 2.68. The molecule has 1 aromatic carbocycles. The number of urea groups is 1. The summed E-state index contributed by atoms with van der Waals surface area (Å²) in [5.41, 5.74) is 0.384. The Bertz CT molecular complexity index is 618. The molecule has 0 unspecified atom stereocenters. The van der Waals surface area contributed by atoms with Crippen LogP contribution < -0.4 is 15.4 Å². The van der Waals surface area contributed by atoms with Gasteiger partial charge in [0.15, 0.2) is 0 Å². The van der Waals surface area contributed by atoms with Gasteiger partial charge in [0.25, 0.3) is 0 Å². The Morgan fingerprint density at radius 3 is 2.67 bits per heavy atom. The second-order valence-corrected chi connectivity index (χ2v) is 7.10. The monoisotopic (exact) mass is 383 g/mol. The van der Waals surface area contributed by atoms with Crippen LogP contribution in [0.15, 0.2) is 24.3 Å². The third-order valence-corrected chi connectivity index (χ3v) is 5.36. The molecule has 3 rings (SSSR count). The minimum absolute atomic E-state index is 0.0138. The molecule has 1 aliphatic carbocycles. The number of hydrogen-bond acceptors (Lipinski definition) is 4. The highest BCUT2D eigenvalue weighted by Gasteiger charge is 2.38. The third-order valence-electron chi connectivity index (χ3n) is 5.36. The zero-order valence-electron chi connectivity index (χ0n) is 15.4. The molecule has 0 radical (unpaired) electrons. The lowest BCUT2D eigenvalue weighted by atomic mass is 9.80. The van der Waals surface area contributed by atoms with E-state index in [9.17, 15) is 13.6 Å². The van der Waals surface area contributed by atoms with Gasteiger partial charge in [0.1, 0.15) is 5.75 Å². The lowest BCUT2D eigenvalue weighted by Gasteiger charge is -2.48. The van der Waals surface area contributed by atoms with Crippen LogP contribution >= 0.6 is 0 Å². The molecule has 1 aliphatic heterocycles. The van der Waals surface area contributed by atoms with Crippen LogP contribution in [-0.2, 0) is 4.74 Å². The Balaban J connectivity index is 1.57. The molecule has 1 saturated carbocycles. The van der Waals surface area contributed by atoms with Crippen LogP contribution in [0.2, 0.25) is 0 Å². The average molecular weight is 383 g/mol. The van der Waals surface area contributed by atoms with Crippen molar-refractivity contribution in [2.75, 3.05) is 38.2 Å². The number of carbonyl (C=O) groups is 1. The molecular formula is C19H27F2N3O3. The Morgan fingerprint density at radius 1 is 1.22 bits per heavy atom. The highest BCUT2D eigenvalue weighted by Crippen LogP contribution is 2.34. The first-order valence-corrected chi connectivity index (χ1v) is 9.50. The molecule has 1 heterocycles. The first kappa shape index (κ1) is 19.8. The molecule has 6 nitrogen and oxygen atoms in total. The van der Waals surface area contributed by atoms with E-state index in [1.54, 1.807) is 12.1 Å². The van der Waals surface area contributed by atoms with Crippen molar-refractivity contribution in [1.82, 2.24) is 10.2 Å². The van der Waals surface area contributed by atoms with Crippen LogP contribution in [0.3, 0.4) is 0 Å². The molecule has 2 N–H and O–H groups in total. The van der Waals surface area contributed by atoms with E-state index in [0.717, 1.165) is 52.0 Å². The maximum Gasteiger partial charge on any atom is 0.387 e. The SMILES string of the molecule is O=C(NCC1(N2CCOCC2)CCCCC1)Nc1cccc(OC(F)F)c1. The van der Waals surface area contributed by atoms with E-state index in [-0.39, 0.29) is 17.3 Å². The van der Waals surface area contributed by atoms with Crippen molar-refractivity contribution in [3.63, 3.8) is 0 Å². The summed E-state index contributed by atoms with van der Waals surface area (Å²) in [6, 6.07) is 5.65. The van der Waals surface area contributed by atoms with Gasteiger partial charge in [0.2, 0.25) is 0 Å². The van der Waals surface area contributed by atoms with Crippen LogP contribution in [0.25, 0.3) is 0 Å². The van der Waals surface area contributed by atoms with E-state index in [0.29, 0.717) is 12.2 Å². The first-order valence-electron chi connectivity index (χ1n) is 9.50. The van der Waals surface area contributed by atoms with Crippen molar-refractivity contribution in [3.05, 3.63) is 24.3 Å². The summed E-state index contributed by atoms with van der Waals surface area (Å²) in [6.45, 7) is 0.891. The minimum Gasteiger partial charge on any atom is -0.435 e. The number of anilines is 1. The van der Waals surface area contributed by atoms with E-state index in [4.69, 9.17) is 4.74 Å². The second-order valence-electron chi connectivity index (χ2n) is 7.10. The van der Waals surface area contributed by atoms with Crippen LogP contribution in [0.1, 0.15) is 32.1 Å². The molecule has 8 heteroatoms. The highest BCUT2D eigenvalue weighted by atomic mass is 19.3. The van der Waals surface area contributed by atoms with Gasteiger partial charge in [-0.3, -0.25) is 4.90 Å². The van der Waals surface area contributed by atoms with E-state index in [1.807, 2.05) is 0 Å². The van der Waals surface area contributed by atoms with Crippen molar-refractivity contribution >= 4 is 11.7 Å². The lowest BCUT2D eigenvalue weighted by molar-refractivity contribution is -0.0497. The second kappa shape index (κ2) is 9.32. The number of benzene rings is 1. The number of hydrogen-bond donors (Lipinski definition) is 2. The summed E-state index contributed by atoms with van der Waals surface area (Å²) in [7, 11) is 0. The Labute approximate surface area is 158 Å². The van der Waals surface area contributed by atoms with E-state index < -0.39 is 6.61 Å². The summed E-state index contributed by atoms with van der Waals surface area (Å²) in [5, 5.41) is 5.67. The van der Waals surface area contributed by atoms with Gasteiger partial charge in [-0.15, -0.1) is 0 Å². The largest absolute Gasteiger partial charge is 0.435 e. The fourth-order valence-electron chi connectivity index (χ4n) is 4.02. The molecule has 2 amide bonds. The Hall–Kier alpha value is -1.93. The molecule has 150 valence electrons. The number of halogens is 2. The zero-order chi connectivity index (χ0) is 19.1. The van der Waals surface area contributed by atoms with Gasteiger partial charge in [-0.2, -0.15) is 8.78 Å². The number of nitrogens with one attached hydrogen (secondary N) is 2. The van der Waals surface area contributed by atoms with Crippen molar-refractivity contribution < 1.29 is 23.0 Å². The lowest BCUT2D eigenvalue weighted by Crippen LogP contribution is -2.60. The van der Waals surface area contributed by atoms with Gasteiger partial charge in [0.05, 0.1) is 13.2 Å². The predicted molar refractivity (Wildman–Crippen MR) is 98.3 cm³/mol. The van der Waals surface area contributed by atoms with Gasteiger partial charge in [-0.05, 0) is 25.0 Å². The number of rotatable bonds is 6. The van der Waals surface area contributed by atoms with E-state index in [2.05, 4.69) is 20.3 Å². The molecule has 0 bridgehead atoms. The Morgan fingerprint density at radius 2 is 1.96 bits per heavy atom. The molecule has 1 saturated heterocycles.